The monoisotopic (exact) mass is 385 g/mol. The van der Waals surface area contributed by atoms with Crippen LogP contribution in [0.25, 0.3) is 0 Å². The van der Waals surface area contributed by atoms with Crippen LogP contribution in [0.2, 0.25) is 0 Å². The topological polar surface area (TPSA) is 56.2 Å². The van der Waals surface area contributed by atoms with Gasteiger partial charge in [0, 0.05) is 22.6 Å². The second-order valence-corrected chi connectivity index (χ2v) is 6.15. The molecule has 1 aromatic heterocycles. The van der Waals surface area contributed by atoms with Crippen LogP contribution in [-0.2, 0) is 11.3 Å². The van der Waals surface area contributed by atoms with Gasteiger partial charge >= 0.3 is 0 Å². The number of nitrogens with zero attached hydrogens (tertiary/aromatic N) is 2. The molecule has 1 heterocycles. The molecule has 0 fully saturated rings. The number of halogens is 1. The molecule has 3 aromatic rings. The van der Waals surface area contributed by atoms with Crippen LogP contribution in [-0.4, -0.2) is 15.5 Å². The number of nitrogens with one attached hydrogen (secondary N) is 1. The molecule has 1 N–H and O–H groups in total. The summed E-state index contributed by atoms with van der Waals surface area (Å²) < 4.78 is 8.54. The minimum absolute atomic E-state index is 0.0994. The van der Waals surface area contributed by atoms with Crippen LogP contribution < -0.4 is 10.1 Å². The largest absolute Gasteiger partial charge is 0.457 e. The van der Waals surface area contributed by atoms with Crippen LogP contribution in [0, 0.1) is 6.92 Å². The van der Waals surface area contributed by atoms with Crippen molar-refractivity contribution in [2.75, 3.05) is 5.32 Å². The van der Waals surface area contributed by atoms with E-state index < -0.39 is 0 Å². The Morgan fingerprint density at radius 2 is 1.75 bits per heavy atom. The van der Waals surface area contributed by atoms with Gasteiger partial charge in [0.15, 0.2) is 0 Å². The number of aryl methyl sites for hydroxylation is 1. The first-order chi connectivity index (χ1) is 11.6. The molecule has 0 aliphatic rings. The lowest BCUT2D eigenvalue weighted by Gasteiger charge is -2.09. The van der Waals surface area contributed by atoms with Crippen molar-refractivity contribution in [3.05, 3.63) is 71.2 Å². The summed E-state index contributed by atoms with van der Waals surface area (Å²) in [4.78, 5) is 16.1. The third-order valence-electron chi connectivity index (χ3n) is 3.43. The van der Waals surface area contributed by atoms with Gasteiger partial charge in [-0.25, -0.2) is 4.98 Å². The summed E-state index contributed by atoms with van der Waals surface area (Å²) in [5, 5.41) is 2.86. The number of benzene rings is 2. The van der Waals surface area contributed by atoms with Crippen molar-refractivity contribution < 1.29 is 9.53 Å². The third-order valence-corrected chi connectivity index (χ3v) is 3.95. The van der Waals surface area contributed by atoms with Crippen molar-refractivity contribution in [1.29, 1.82) is 0 Å². The van der Waals surface area contributed by atoms with Gasteiger partial charge in [0.1, 0.15) is 23.9 Å². The molecule has 0 aliphatic carbocycles. The minimum atomic E-state index is -0.0994. The Morgan fingerprint density at radius 3 is 2.33 bits per heavy atom. The SMILES string of the molecule is Cc1nccn1CC(=O)Nc1ccc(Oc2ccc(Br)cc2)cc1. The van der Waals surface area contributed by atoms with Gasteiger partial charge in [-0.2, -0.15) is 0 Å². The minimum Gasteiger partial charge on any atom is -0.457 e. The van der Waals surface area contributed by atoms with E-state index in [-0.39, 0.29) is 12.5 Å². The number of carbonyl (C=O) groups excluding carboxylic acids is 1. The lowest BCUT2D eigenvalue weighted by atomic mass is 10.3. The van der Waals surface area contributed by atoms with Crippen molar-refractivity contribution in [2.45, 2.75) is 13.5 Å². The Balaban J connectivity index is 1.59. The van der Waals surface area contributed by atoms with Gasteiger partial charge < -0.3 is 14.6 Å². The van der Waals surface area contributed by atoms with E-state index in [1.54, 1.807) is 17.0 Å². The van der Waals surface area contributed by atoms with Gasteiger partial charge in [-0.3, -0.25) is 4.79 Å². The molecule has 24 heavy (non-hydrogen) atoms. The summed E-state index contributed by atoms with van der Waals surface area (Å²) in [6.07, 6.45) is 3.46. The van der Waals surface area contributed by atoms with E-state index in [4.69, 9.17) is 4.74 Å². The number of hydrogen-bond acceptors (Lipinski definition) is 3. The highest BCUT2D eigenvalue weighted by Crippen LogP contribution is 2.24. The maximum absolute atomic E-state index is 12.0. The van der Waals surface area contributed by atoms with Crippen LogP contribution in [0.3, 0.4) is 0 Å². The predicted molar refractivity (Wildman–Crippen MR) is 96.3 cm³/mol. The van der Waals surface area contributed by atoms with Crippen LogP contribution >= 0.6 is 15.9 Å². The number of amides is 1. The number of ether oxygens (including phenoxy) is 1. The van der Waals surface area contributed by atoms with Gasteiger partial charge in [-0.15, -0.1) is 0 Å². The van der Waals surface area contributed by atoms with E-state index in [1.165, 1.54) is 0 Å². The summed E-state index contributed by atoms with van der Waals surface area (Å²) in [5.41, 5.74) is 0.723. The van der Waals surface area contributed by atoms with Crippen LogP contribution in [0.4, 0.5) is 5.69 Å². The standard InChI is InChI=1S/C18H16BrN3O2/c1-13-20-10-11-22(13)12-18(23)21-15-4-8-17(9-5-15)24-16-6-2-14(19)3-7-16/h2-11H,12H2,1H3,(H,21,23). The predicted octanol–water partition coefficient (Wildman–Crippen LogP) is 4.39. The maximum Gasteiger partial charge on any atom is 0.244 e. The molecule has 6 heteroatoms. The number of imidazole rings is 1. The lowest BCUT2D eigenvalue weighted by molar-refractivity contribution is -0.116. The van der Waals surface area contributed by atoms with Gasteiger partial charge in [-0.1, -0.05) is 15.9 Å². The molecule has 0 unspecified atom stereocenters. The Morgan fingerprint density at radius 1 is 1.12 bits per heavy atom. The van der Waals surface area contributed by atoms with E-state index >= 15 is 0 Å². The van der Waals surface area contributed by atoms with Crippen molar-refractivity contribution in [2.24, 2.45) is 0 Å². The summed E-state index contributed by atoms with van der Waals surface area (Å²) in [5.74, 6) is 2.17. The van der Waals surface area contributed by atoms with E-state index in [0.717, 1.165) is 21.7 Å². The van der Waals surface area contributed by atoms with Gasteiger partial charge in [0.25, 0.3) is 0 Å². The third kappa shape index (κ3) is 4.23. The normalized spacial score (nSPS) is 10.4. The molecule has 122 valence electrons. The van der Waals surface area contributed by atoms with Gasteiger partial charge in [0.05, 0.1) is 0 Å². The molecule has 5 nitrogen and oxygen atoms in total. The zero-order valence-corrected chi connectivity index (χ0v) is 14.7. The Kier molecular flexibility index (Phi) is 4.96. The molecular formula is C18H16BrN3O2. The highest BCUT2D eigenvalue weighted by molar-refractivity contribution is 9.10. The fraction of sp³-hybridized carbons (Fsp3) is 0.111. The number of rotatable bonds is 5. The first-order valence-corrected chi connectivity index (χ1v) is 8.20. The quantitative estimate of drug-likeness (QED) is 0.708. The Bertz CT molecular complexity index is 826. The molecule has 1 amide bonds. The number of anilines is 1. The molecule has 0 radical (unpaired) electrons. The first kappa shape index (κ1) is 16.3. The average Bonchev–Trinajstić information content (AvgIpc) is 2.96. The van der Waals surface area contributed by atoms with Crippen molar-refractivity contribution >= 4 is 27.5 Å². The van der Waals surface area contributed by atoms with Crippen molar-refractivity contribution in [3.8, 4) is 11.5 Å². The first-order valence-electron chi connectivity index (χ1n) is 7.41. The van der Waals surface area contributed by atoms with Crippen molar-refractivity contribution in [1.82, 2.24) is 9.55 Å². The molecule has 0 bridgehead atoms. The smallest absolute Gasteiger partial charge is 0.244 e. The zero-order valence-electron chi connectivity index (χ0n) is 13.1. The number of carbonyl (C=O) groups is 1. The molecule has 2 aromatic carbocycles. The summed E-state index contributed by atoms with van der Waals surface area (Å²) >= 11 is 3.39. The molecule has 0 spiro atoms. The number of hydrogen-bond donors (Lipinski definition) is 1. The molecule has 0 saturated heterocycles. The van der Waals surface area contributed by atoms with Crippen LogP contribution in [0.5, 0.6) is 11.5 Å². The molecular weight excluding hydrogens is 370 g/mol. The van der Waals surface area contributed by atoms with Crippen LogP contribution in [0.1, 0.15) is 5.82 Å². The maximum atomic E-state index is 12.0. The average molecular weight is 386 g/mol. The highest BCUT2D eigenvalue weighted by atomic mass is 79.9. The fourth-order valence-corrected chi connectivity index (χ4v) is 2.44. The summed E-state index contributed by atoms with van der Waals surface area (Å²) in [7, 11) is 0. The summed E-state index contributed by atoms with van der Waals surface area (Å²) in [6, 6.07) is 14.9. The highest BCUT2D eigenvalue weighted by Gasteiger charge is 2.06. The Hall–Kier alpha value is -2.60. The van der Waals surface area contributed by atoms with E-state index in [1.807, 2.05) is 55.5 Å². The lowest BCUT2D eigenvalue weighted by Crippen LogP contribution is -2.18. The molecule has 3 rings (SSSR count). The van der Waals surface area contributed by atoms with Crippen LogP contribution in [0.15, 0.2) is 65.4 Å². The second-order valence-electron chi connectivity index (χ2n) is 5.23. The van der Waals surface area contributed by atoms with E-state index in [9.17, 15) is 4.79 Å². The molecule has 0 atom stereocenters. The van der Waals surface area contributed by atoms with E-state index in [0.29, 0.717) is 5.75 Å². The van der Waals surface area contributed by atoms with Gasteiger partial charge in [-0.05, 0) is 55.5 Å². The Labute approximate surface area is 148 Å². The fourth-order valence-electron chi connectivity index (χ4n) is 2.17. The van der Waals surface area contributed by atoms with E-state index in [2.05, 4.69) is 26.2 Å². The van der Waals surface area contributed by atoms with Crippen molar-refractivity contribution in [3.63, 3.8) is 0 Å². The van der Waals surface area contributed by atoms with Gasteiger partial charge in [0.2, 0.25) is 5.91 Å². The number of aromatic nitrogens is 2. The second kappa shape index (κ2) is 7.31. The molecule has 0 aliphatic heterocycles. The zero-order chi connectivity index (χ0) is 16.9. The summed E-state index contributed by atoms with van der Waals surface area (Å²) in [6.45, 7) is 2.10. The molecule has 0 saturated carbocycles.